The maximum absolute atomic E-state index is 5.56. The molecule has 122 valence electrons. The fourth-order valence-electron chi connectivity index (χ4n) is 3.14. The highest BCUT2D eigenvalue weighted by molar-refractivity contribution is 5.09. The Bertz CT molecular complexity index is 526. The molecule has 0 unspecified atom stereocenters. The van der Waals surface area contributed by atoms with Gasteiger partial charge in [0.15, 0.2) is 5.82 Å². The fraction of sp³-hybridized carbons (Fsp3) is 0.750. The largest absolute Gasteiger partial charge is 0.377 e. The molecule has 0 spiro atoms. The second-order valence-corrected chi connectivity index (χ2v) is 6.05. The molecule has 0 aliphatic carbocycles. The summed E-state index contributed by atoms with van der Waals surface area (Å²) in [5.74, 6) is 2.03. The Balaban J connectivity index is 1.66. The summed E-state index contributed by atoms with van der Waals surface area (Å²) < 4.78 is 13.3. The Kier molecular flexibility index (Phi) is 5.23. The molecule has 0 saturated carbocycles. The molecule has 1 atom stereocenters. The van der Waals surface area contributed by atoms with Crippen molar-refractivity contribution in [2.75, 3.05) is 32.9 Å². The van der Waals surface area contributed by atoms with Gasteiger partial charge in [0, 0.05) is 38.7 Å². The Morgan fingerprint density at radius 1 is 1.36 bits per heavy atom. The van der Waals surface area contributed by atoms with E-state index in [4.69, 9.17) is 9.47 Å². The van der Waals surface area contributed by atoms with E-state index in [-0.39, 0.29) is 0 Å². The lowest BCUT2D eigenvalue weighted by atomic mass is 10.1. The molecule has 0 fully saturated rings. The first-order valence-electron chi connectivity index (χ1n) is 8.26. The molecule has 2 aliphatic rings. The zero-order valence-electron chi connectivity index (χ0n) is 13.6. The van der Waals surface area contributed by atoms with Crippen LogP contribution in [0.2, 0.25) is 0 Å². The molecule has 0 aromatic carbocycles. The number of hydrogen-bond donors (Lipinski definition) is 0. The third kappa shape index (κ3) is 3.56. The lowest BCUT2D eigenvalue weighted by Gasteiger charge is -2.28. The summed E-state index contributed by atoms with van der Waals surface area (Å²) in [5.41, 5.74) is 1.41. The van der Waals surface area contributed by atoms with Crippen LogP contribution in [0.25, 0.3) is 0 Å². The number of rotatable bonds is 5. The molecule has 0 radical (unpaired) electrons. The van der Waals surface area contributed by atoms with E-state index in [1.165, 1.54) is 5.57 Å². The maximum Gasteiger partial charge on any atom is 0.159 e. The molecule has 6 nitrogen and oxygen atoms in total. The van der Waals surface area contributed by atoms with Crippen LogP contribution in [0.4, 0.5) is 0 Å². The number of aromatic nitrogens is 3. The predicted molar refractivity (Wildman–Crippen MR) is 83.6 cm³/mol. The SMILES string of the molecule is CCOCc1nnc2n1CCN(CC1=CCCOC1)[C@@H](C)C2. The molecule has 0 saturated heterocycles. The van der Waals surface area contributed by atoms with E-state index in [0.29, 0.717) is 19.3 Å². The van der Waals surface area contributed by atoms with Gasteiger partial charge in [0.05, 0.1) is 13.2 Å². The minimum Gasteiger partial charge on any atom is -0.377 e. The van der Waals surface area contributed by atoms with E-state index in [0.717, 1.165) is 57.3 Å². The van der Waals surface area contributed by atoms with E-state index < -0.39 is 0 Å². The van der Waals surface area contributed by atoms with Gasteiger partial charge in [-0.05, 0) is 25.8 Å². The van der Waals surface area contributed by atoms with Gasteiger partial charge >= 0.3 is 0 Å². The Morgan fingerprint density at radius 3 is 3.05 bits per heavy atom. The van der Waals surface area contributed by atoms with E-state index in [1.54, 1.807) is 0 Å². The van der Waals surface area contributed by atoms with Crippen LogP contribution in [-0.2, 0) is 29.0 Å². The summed E-state index contributed by atoms with van der Waals surface area (Å²) in [7, 11) is 0. The van der Waals surface area contributed by atoms with Crippen LogP contribution in [0.3, 0.4) is 0 Å². The lowest BCUT2D eigenvalue weighted by molar-refractivity contribution is 0.124. The topological polar surface area (TPSA) is 52.4 Å². The molecule has 22 heavy (non-hydrogen) atoms. The van der Waals surface area contributed by atoms with Crippen molar-refractivity contribution in [1.29, 1.82) is 0 Å². The van der Waals surface area contributed by atoms with Gasteiger partial charge in [-0.1, -0.05) is 6.08 Å². The van der Waals surface area contributed by atoms with Crippen LogP contribution in [-0.4, -0.2) is 58.6 Å². The summed E-state index contributed by atoms with van der Waals surface area (Å²) in [4.78, 5) is 2.53. The average molecular weight is 306 g/mol. The lowest BCUT2D eigenvalue weighted by Crippen LogP contribution is -2.37. The van der Waals surface area contributed by atoms with Crippen LogP contribution < -0.4 is 0 Å². The fourth-order valence-corrected chi connectivity index (χ4v) is 3.14. The Morgan fingerprint density at radius 2 is 2.27 bits per heavy atom. The Hall–Kier alpha value is -1.24. The monoisotopic (exact) mass is 306 g/mol. The summed E-state index contributed by atoms with van der Waals surface area (Å²) in [6, 6.07) is 0.466. The van der Waals surface area contributed by atoms with Gasteiger partial charge in [-0.25, -0.2) is 0 Å². The van der Waals surface area contributed by atoms with Gasteiger partial charge in [-0.15, -0.1) is 10.2 Å². The van der Waals surface area contributed by atoms with E-state index >= 15 is 0 Å². The van der Waals surface area contributed by atoms with Crippen molar-refractivity contribution in [3.05, 3.63) is 23.3 Å². The van der Waals surface area contributed by atoms with Crippen molar-refractivity contribution in [3.8, 4) is 0 Å². The predicted octanol–water partition coefficient (Wildman–Crippen LogP) is 1.41. The third-order valence-electron chi connectivity index (χ3n) is 4.44. The van der Waals surface area contributed by atoms with Crippen LogP contribution in [0.1, 0.15) is 31.9 Å². The first kappa shape index (κ1) is 15.6. The maximum atomic E-state index is 5.56. The van der Waals surface area contributed by atoms with E-state index in [1.807, 2.05) is 6.92 Å². The number of hydrogen-bond acceptors (Lipinski definition) is 5. The number of ether oxygens (including phenoxy) is 2. The molecule has 1 aromatic heterocycles. The highest BCUT2D eigenvalue weighted by Gasteiger charge is 2.24. The molecule has 1 aromatic rings. The molecular formula is C16H26N4O2. The summed E-state index contributed by atoms with van der Waals surface area (Å²) in [5, 5.41) is 8.66. The van der Waals surface area contributed by atoms with Gasteiger partial charge in [0.1, 0.15) is 12.4 Å². The van der Waals surface area contributed by atoms with Crippen molar-refractivity contribution in [3.63, 3.8) is 0 Å². The molecule has 6 heteroatoms. The van der Waals surface area contributed by atoms with E-state index in [2.05, 4.69) is 32.7 Å². The molecule has 3 heterocycles. The van der Waals surface area contributed by atoms with Gasteiger partial charge in [0.25, 0.3) is 0 Å². The minimum atomic E-state index is 0.466. The highest BCUT2D eigenvalue weighted by atomic mass is 16.5. The summed E-state index contributed by atoms with van der Waals surface area (Å²) in [6.45, 7) is 10.1. The Labute approximate surface area is 132 Å². The van der Waals surface area contributed by atoms with Crippen LogP contribution in [0.5, 0.6) is 0 Å². The number of fused-ring (bicyclic) bond motifs is 1. The normalized spacial score (nSPS) is 23.0. The van der Waals surface area contributed by atoms with Gasteiger partial charge in [-0.2, -0.15) is 0 Å². The molecule has 2 aliphatic heterocycles. The van der Waals surface area contributed by atoms with Gasteiger partial charge in [0.2, 0.25) is 0 Å². The van der Waals surface area contributed by atoms with Crippen molar-refractivity contribution in [2.24, 2.45) is 0 Å². The number of nitrogens with zero attached hydrogens (tertiary/aromatic N) is 4. The van der Waals surface area contributed by atoms with Crippen molar-refractivity contribution in [1.82, 2.24) is 19.7 Å². The van der Waals surface area contributed by atoms with Gasteiger partial charge < -0.3 is 14.0 Å². The molecule has 3 rings (SSSR count). The highest BCUT2D eigenvalue weighted by Crippen LogP contribution is 2.17. The zero-order valence-corrected chi connectivity index (χ0v) is 13.6. The first-order chi connectivity index (χ1) is 10.8. The molecule has 0 bridgehead atoms. The zero-order chi connectivity index (χ0) is 15.4. The molecule has 0 N–H and O–H groups in total. The molecule has 0 amide bonds. The van der Waals surface area contributed by atoms with E-state index in [9.17, 15) is 0 Å². The molecular weight excluding hydrogens is 280 g/mol. The van der Waals surface area contributed by atoms with Crippen molar-refractivity contribution < 1.29 is 9.47 Å². The van der Waals surface area contributed by atoms with Gasteiger partial charge in [-0.3, -0.25) is 4.90 Å². The summed E-state index contributed by atoms with van der Waals surface area (Å²) in [6.07, 6.45) is 4.32. The smallest absolute Gasteiger partial charge is 0.159 e. The second-order valence-electron chi connectivity index (χ2n) is 6.05. The quantitative estimate of drug-likeness (QED) is 0.770. The average Bonchev–Trinajstić information content (AvgIpc) is 2.84. The van der Waals surface area contributed by atoms with Crippen LogP contribution >= 0.6 is 0 Å². The first-order valence-corrected chi connectivity index (χ1v) is 8.26. The minimum absolute atomic E-state index is 0.466. The van der Waals surface area contributed by atoms with Crippen LogP contribution in [0.15, 0.2) is 11.6 Å². The van der Waals surface area contributed by atoms with Crippen molar-refractivity contribution >= 4 is 0 Å². The van der Waals surface area contributed by atoms with Crippen molar-refractivity contribution in [2.45, 2.75) is 45.9 Å². The summed E-state index contributed by atoms with van der Waals surface area (Å²) >= 11 is 0. The standard InChI is InChI=1S/C16H26N4O2/c1-3-21-12-16-18-17-15-9-13(2)19(6-7-20(15)16)10-14-5-4-8-22-11-14/h5,13H,3-4,6-12H2,1-2H3/t13-/m0/s1. The third-order valence-corrected chi connectivity index (χ3v) is 4.44. The van der Waals surface area contributed by atoms with Crippen LogP contribution in [0, 0.1) is 0 Å². The second kappa shape index (κ2) is 7.35.